The average Bonchev–Trinajstić information content (AvgIpc) is 2.45. The van der Waals surface area contributed by atoms with Gasteiger partial charge in [-0.05, 0) is 36.0 Å². The Hall–Kier alpha value is -1.02. The lowest BCUT2D eigenvalue weighted by Gasteiger charge is -2.35. The highest BCUT2D eigenvalue weighted by molar-refractivity contribution is 6.21. The topological polar surface area (TPSA) is 20.3 Å². The van der Waals surface area contributed by atoms with E-state index < -0.39 is 0 Å². The van der Waals surface area contributed by atoms with Crippen LogP contribution >= 0.6 is 11.6 Å². The summed E-state index contributed by atoms with van der Waals surface area (Å²) in [5.41, 5.74) is 2.10. The summed E-state index contributed by atoms with van der Waals surface area (Å²) in [7, 11) is 1.88. The fraction of sp³-hybridized carbons (Fsp3) is 0.611. The fourth-order valence-corrected chi connectivity index (χ4v) is 3.42. The summed E-state index contributed by atoms with van der Waals surface area (Å²) in [5, 5.41) is 0.0848. The van der Waals surface area contributed by atoms with Gasteiger partial charge in [-0.3, -0.25) is 4.79 Å². The van der Waals surface area contributed by atoms with Gasteiger partial charge >= 0.3 is 0 Å². The van der Waals surface area contributed by atoms with E-state index in [4.69, 9.17) is 11.6 Å². The zero-order chi connectivity index (χ0) is 15.6. The molecule has 3 heteroatoms. The molecule has 0 heterocycles. The number of benzene rings is 1. The Labute approximate surface area is 133 Å². The van der Waals surface area contributed by atoms with Crippen molar-refractivity contribution in [2.24, 2.45) is 0 Å². The van der Waals surface area contributed by atoms with Gasteiger partial charge in [-0.25, -0.2) is 0 Å². The minimum atomic E-state index is 0.0769. The Morgan fingerprint density at radius 1 is 1.14 bits per heavy atom. The van der Waals surface area contributed by atoms with Crippen LogP contribution in [0.15, 0.2) is 24.3 Å². The first kappa shape index (κ1) is 16.4. The minimum Gasteiger partial charge on any atom is -0.337 e. The predicted octanol–water partition coefficient (Wildman–Crippen LogP) is 4.61. The number of amides is 1. The van der Waals surface area contributed by atoms with E-state index in [0.29, 0.717) is 0 Å². The summed E-state index contributed by atoms with van der Waals surface area (Å²) >= 11 is 6.40. The van der Waals surface area contributed by atoms with Gasteiger partial charge in [0.1, 0.15) is 0 Å². The Balaban J connectivity index is 2.12. The highest BCUT2D eigenvalue weighted by Crippen LogP contribution is 2.28. The average molecular weight is 308 g/mol. The summed E-state index contributed by atoms with van der Waals surface area (Å²) in [5.74, 6) is 0.0769. The monoisotopic (exact) mass is 307 g/mol. The molecule has 2 nitrogen and oxygen atoms in total. The third kappa shape index (κ3) is 3.79. The largest absolute Gasteiger partial charge is 0.337 e. The molecule has 1 saturated carbocycles. The van der Waals surface area contributed by atoms with E-state index in [9.17, 15) is 4.79 Å². The van der Waals surface area contributed by atoms with E-state index in [1.807, 2.05) is 24.1 Å². The van der Waals surface area contributed by atoms with Crippen LogP contribution < -0.4 is 0 Å². The van der Waals surface area contributed by atoms with E-state index >= 15 is 0 Å². The van der Waals surface area contributed by atoms with Crippen molar-refractivity contribution in [3.05, 3.63) is 35.4 Å². The van der Waals surface area contributed by atoms with Crippen LogP contribution in [0.2, 0.25) is 0 Å². The number of halogens is 1. The second-order valence-corrected chi connectivity index (χ2v) is 7.67. The zero-order valence-corrected chi connectivity index (χ0v) is 14.3. The summed E-state index contributed by atoms with van der Waals surface area (Å²) in [6.07, 6.45) is 4.35. The minimum absolute atomic E-state index is 0.0769. The Bertz CT molecular complexity index is 489. The molecule has 0 N–H and O–H groups in total. The van der Waals surface area contributed by atoms with Gasteiger partial charge in [0.25, 0.3) is 5.91 Å². The molecule has 0 bridgehead atoms. The van der Waals surface area contributed by atoms with Crippen molar-refractivity contribution >= 4 is 17.5 Å². The van der Waals surface area contributed by atoms with Gasteiger partial charge in [0.2, 0.25) is 0 Å². The molecule has 1 fully saturated rings. The number of alkyl halides is 1. The normalized spacial score (nSPS) is 22.9. The molecule has 1 aromatic rings. The van der Waals surface area contributed by atoms with Crippen molar-refractivity contribution in [2.45, 2.75) is 63.3 Å². The van der Waals surface area contributed by atoms with Crippen molar-refractivity contribution in [1.82, 2.24) is 4.90 Å². The first-order chi connectivity index (χ1) is 9.80. The summed E-state index contributed by atoms with van der Waals surface area (Å²) in [4.78, 5) is 14.5. The Kier molecular flexibility index (Phi) is 4.98. The van der Waals surface area contributed by atoms with Crippen LogP contribution in [0.1, 0.15) is 62.4 Å². The van der Waals surface area contributed by atoms with Gasteiger partial charge in [0.05, 0.1) is 5.38 Å². The Morgan fingerprint density at radius 2 is 1.71 bits per heavy atom. The van der Waals surface area contributed by atoms with Crippen molar-refractivity contribution < 1.29 is 4.79 Å². The van der Waals surface area contributed by atoms with Gasteiger partial charge in [-0.15, -0.1) is 11.6 Å². The first-order valence-electron chi connectivity index (χ1n) is 7.82. The van der Waals surface area contributed by atoms with E-state index in [-0.39, 0.29) is 22.7 Å². The molecule has 1 aromatic carbocycles. The highest BCUT2D eigenvalue weighted by Gasteiger charge is 2.29. The van der Waals surface area contributed by atoms with Gasteiger partial charge < -0.3 is 4.90 Å². The molecule has 1 aliphatic carbocycles. The first-order valence-corrected chi connectivity index (χ1v) is 8.26. The summed E-state index contributed by atoms with van der Waals surface area (Å²) < 4.78 is 0. The molecule has 0 aromatic heterocycles. The van der Waals surface area contributed by atoms with E-state index in [1.165, 1.54) is 12.0 Å². The van der Waals surface area contributed by atoms with Crippen molar-refractivity contribution in [2.75, 3.05) is 7.05 Å². The molecule has 116 valence electrons. The molecule has 0 aliphatic heterocycles. The van der Waals surface area contributed by atoms with Crippen molar-refractivity contribution in [3.63, 3.8) is 0 Å². The van der Waals surface area contributed by atoms with Crippen LogP contribution in [0.3, 0.4) is 0 Å². The maximum absolute atomic E-state index is 12.6. The lowest BCUT2D eigenvalue weighted by Crippen LogP contribution is -2.44. The number of carbonyl (C=O) groups excluding carboxylic acids is 1. The van der Waals surface area contributed by atoms with Gasteiger partial charge in [-0.2, -0.15) is 0 Å². The molecule has 1 aliphatic rings. The summed E-state index contributed by atoms with van der Waals surface area (Å²) in [6, 6.07) is 8.15. The second kappa shape index (κ2) is 6.39. The van der Waals surface area contributed by atoms with Gasteiger partial charge in [0, 0.05) is 18.7 Å². The maximum atomic E-state index is 12.6. The predicted molar refractivity (Wildman–Crippen MR) is 89.1 cm³/mol. The number of carbonyl (C=O) groups is 1. The van der Waals surface area contributed by atoms with Gasteiger partial charge in [0.15, 0.2) is 0 Å². The third-order valence-electron chi connectivity index (χ3n) is 4.46. The van der Waals surface area contributed by atoms with Crippen molar-refractivity contribution in [3.8, 4) is 0 Å². The molecule has 2 unspecified atom stereocenters. The lowest BCUT2D eigenvalue weighted by atomic mass is 9.86. The Morgan fingerprint density at radius 3 is 2.24 bits per heavy atom. The number of hydrogen-bond acceptors (Lipinski definition) is 1. The molecule has 2 atom stereocenters. The standard InChI is InChI=1S/C18H26ClNO/c1-18(2,3)14-11-9-13(10-12-14)17(21)20(4)16-8-6-5-7-15(16)19/h9-12,15-16H,5-8H2,1-4H3. The maximum Gasteiger partial charge on any atom is 0.253 e. The van der Waals surface area contributed by atoms with Crippen molar-refractivity contribution in [1.29, 1.82) is 0 Å². The molecule has 0 radical (unpaired) electrons. The van der Waals surface area contributed by atoms with E-state index in [0.717, 1.165) is 24.8 Å². The van der Waals surface area contributed by atoms with E-state index in [1.54, 1.807) is 0 Å². The zero-order valence-electron chi connectivity index (χ0n) is 13.5. The number of nitrogens with zero attached hydrogens (tertiary/aromatic N) is 1. The van der Waals surface area contributed by atoms with Crippen LogP contribution in [0.25, 0.3) is 0 Å². The summed E-state index contributed by atoms with van der Waals surface area (Å²) in [6.45, 7) is 6.53. The van der Waals surface area contributed by atoms with Crippen LogP contribution in [0.4, 0.5) is 0 Å². The van der Waals surface area contributed by atoms with Crippen LogP contribution in [0.5, 0.6) is 0 Å². The number of hydrogen-bond donors (Lipinski definition) is 0. The third-order valence-corrected chi connectivity index (χ3v) is 4.97. The smallest absolute Gasteiger partial charge is 0.253 e. The quantitative estimate of drug-likeness (QED) is 0.731. The molecular weight excluding hydrogens is 282 g/mol. The van der Waals surface area contributed by atoms with Gasteiger partial charge in [-0.1, -0.05) is 45.7 Å². The molecule has 21 heavy (non-hydrogen) atoms. The molecular formula is C18H26ClNO. The molecule has 1 amide bonds. The van der Waals surface area contributed by atoms with Crippen LogP contribution in [0, 0.1) is 0 Å². The van der Waals surface area contributed by atoms with E-state index in [2.05, 4.69) is 32.9 Å². The lowest BCUT2D eigenvalue weighted by molar-refractivity contribution is 0.0700. The molecule has 2 rings (SSSR count). The SMILES string of the molecule is CN(C(=O)c1ccc(C(C)(C)C)cc1)C1CCCCC1Cl. The molecule has 0 spiro atoms. The second-order valence-electron chi connectivity index (χ2n) is 7.11. The van der Waals surface area contributed by atoms with Crippen LogP contribution in [-0.2, 0) is 5.41 Å². The fourth-order valence-electron chi connectivity index (χ4n) is 2.97. The highest BCUT2D eigenvalue weighted by atomic mass is 35.5. The van der Waals surface area contributed by atoms with Crippen LogP contribution in [-0.4, -0.2) is 29.3 Å². The number of rotatable bonds is 2. The molecule has 0 saturated heterocycles.